The van der Waals surface area contributed by atoms with Gasteiger partial charge >= 0.3 is 0 Å². The quantitative estimate of drug-likeness (QED) is 0.248. The number of thiazole rings is 1. The van der Waals surface area contributed by atoms with Crippen LogP contribution in [0.5, 0.6) is 5.75 Å². The molecule has 1 amide bonds. The lowest BCUT2D eigenvalue weighted by Gasteiger charge is -2.06. The van der Waals surface area contributed by atoms with Crippen molar-refractivity contribution < 1.29 is 9.53 Å². The van der Waals surface area contributed by atoms with Gasteiger partial charge in [0, 0.05) is 10.6 Å². The van der Waals surface area contributed by atoms with Crippen LogP contribution < -0.4 is 9.75 Å². The zero-order chi connectivity index (χ0) is 22.8. The normalized spacial score (nSPS) is 14.8. The second-order valence-electron chi connectivity index (χ2n) is 7.56. The molecule has 0 radical (unpaired) electrons. The smallest absolute Gasteiger partial charge is 0.282 e. The molecule has 164 valence electrons. The summed E-state index contributed by atoms with van der Waals surface area (Å²) in [7, 11) is 1.64. The number of carbonyl (C=O) groups excluding carboxylic acids is 1. The predicted molar refractivity (Wildman–Crippen MR) is 137 cm³/mol. The van der Waals surface area contributed by atoms with Crippen LogP contribution in [-0.2, 0) is 4.79 Å². The Labute approximate surface area is 200 Å². The Bertz CT molecular complexity index is 1340. The van der Waals surface area contributed by atoms with E-state index < -0.39 is 0 Å². The monoisotopic (exact) mass is 471 g/mol. The van der Waals surface area contributed by atoms with Gasteiger partial charge in [0.05, 0.1) is 28.6 Å². The lowest BCUT2D eigenvalue weighted by Crippen LogP contribution is -2.21. The third-order valence-electron chi connectivity index (χ3n) is 5.24. The van der Waals surface area contributed by atoms with Crippen molar-refractivity contribution in [2.24, 2.45) is 5.10 Å². The summed E-state index contributed by atoms with van der Waals surface area (Å²) in [4.78, 5) is 19.2. The van der Waals surface area contributed by atoms with E-state index in [4.69, 9.17) is 9.84 Å². The number of rotatable bonds is 6. The number of anilines is 1. The fourth-order valence-corrected chi connectivity index (χ4v) is 5.20. The number of aryl methyl sites for hydroxylation is 1. The number of hydrogen-bond acceptors (Lipinski definition) is 6. The van der Waals surface area contributed by atoms with Crippen molar-refractivity contribution in [3.8, 4) is 5.75 Å². The second-order valence-corrected chi connectivity index (χ2v) is 9.62. The number of hydrogen-bond donors (Lipinski definition) is 0. The van der Waals surface area contributed by atoms with Gasteiger partial charge in [-0.2, -0.15) is 10.1 Å². The molecule has 3 aromatic carbocycles. The summed E-state index contributed by atoms with van der Waals surface area (Å²) in [6.07, 6.45) is 1.89. The number of thioether (sulfide) groups is 1. The highest BCUT2D eigenvalue weighted by Gasteiger charge is 2.33. The van der Waals surface area contributed by atoms with E-state index >= 15 is 0 Å². The number of fused-ring (bicyclic) bond motifs is 1. The topological polar surface area (TPSA) is 54.8 Å². The molecule has 0 atom stereocenters. The minimum Gasteiger partial charge on any atom is -0.497 e. The molecule has 5 nitrogen and oxygen atoms in total. The maximum absolute atomic E-state index is 13.5. The zero-order valence-corrected chi connectivity index (χ0v) is 19.8. The Morgan fingerprint density at radius 3 is 2.52 bits per heavy atom. The SMILES string of the molecule is COc1ccc(/C=C2/C(=O)N(c3nc4ccccc4s3)N=C2CSc2ccc(C)cc2)cc1. The molecule has 1 aliphatic heterocycles. The first-order chi connectivity index (χ1) is 16.1. The first kappa shape index (κ1) is 21.4. The van der Waals surface area contributed by atoms with E-state index in [9.17, 15) is 4.79 Å². The zero-order valence-electron chi connectivity index (χ0n) is 18.2. The number of methoxy groups -OCH3 is 1. The van der Waals surface area contributed by atoms with Crippen LogP contribution in [0.1, 0.15) is 11.1 Å². The van der Waals surface area contributed by atoms with Gasteiger partial charge in [0.2, 0.25) is 5.13 Å². The number of amides is 1. The Morgan fingerprint density at radius 2 is 1.79 bits per heavy atom. The third-order valence-corrected chi connectivity index (χ3v) is 7.28. The van der Waals surface area contributed by atoms with Crippen LogP contribution in [-0.4, -0.2) is 29.5 Å². The molecule has 33 heavy (non-hydrogen) atoms. The molecular weight excluding hydrogens is 450 g/mol. The van der Waals surface area contributed by atoms with Crippen molar-refractivity contribution in [3.63, 3.8) is 0 Å². The van der Waals surface area contributed by atoms with E-state index in [2.05, 4.69) is 36.2 Å². The van der Waals surface area contributed by atoms with Gasteiger partial charge in [0.25, 0.3) is 5.91 Å². The summed E-state index contributed by atoms with van der Waals surface area (Å²) < 4.78 is 6.28. The van der Waals surface area contributed by atoms with Crippen LogP contribution in [0.2, 0.25) is 0 Å². The van der Waals surface area contributed by atoms with Crippen molar-refractivity contribution in [2.45, 2.75) is 11.8 Å². The highest BCUT2D eigenvalue weighted by molar-refractivity contribution is 8.00. The Morgan fingerprint density at radius 1 is 1.03 bits per heavy atom. The molecule has 1 aliphatic rings. The minimum atomic E-state index is -0.163. The first-order valence-electron chi connectivity index (χ1n) is 10.4. The Balaban J connectivity index is 1.49. The molecule has 0 aliphatic carbocycles. The summed E-state index contributed by atoms with van der Waals surface area (Å²) in [6.45, 7) is 2.07. The summed E-state index contributed by atoms with van der Waals surface area (Å²) in [5, 5.41) is 6.73. The fourth-order valence-electron chi connectivity index (χ4n) is 3.44. The Kier molecular flexibility index (Phi) is 5.98. The molecule has 0 unspecified atom stereocenters. The van der Waals surface area contributed by atoms with E-state index in [0.717, 1.165) is 32.1 Å². The van der Waals surface area contributed by atoms with Crippen LogP contribution in [0.15, 0.2) is 88.4 Å². The second kappa shape index (κ2) is 9.21. The average Bonchev–Trinajstić information content (AvgIpc) is 3.40. The van der Waals surface area contributed by atoms with Crippen molar-refractivity contribution in [1.82, 2.24) is 4.98 Å². The van der Waals surface area contributed by atoms with E-state index in [-0.39, 0.29) is 5.91 Å². The predicted octanol–water partition coefficient (Wildman–Crippen LogP) is 6.19. The molecule has 0 saturated heterocycles. The number of hydrazone groups is 1. The highest BCUT2D eigenvalue weighted by Crippen LogP contribution is 2.34. The molecule has 0 fully saturated rings. The number of ether oxygens (including phenoxy) is 1. The Hall–Kier alpha value is -3.42. The van der Waals surface area contributed by atoms with Gasteiger partial charge in [-0.15, -0.1) is 11.8 Å². The van der Waals surface area contributed by atoms with Gasteiger partial charge in [-0.1, -0.05) is 53.3 Å². The van der Waals surface area contributed by atoms with E-state index in [1.807, 2.05) is 54.6 Å². The van der Waals surface area contributed by atoms with Gasteiger partial charge < -0.3 is 4.74 Å². The van der Waals surface area contributed by atoms with E-state index in [0.29, 0.717) is 16.5 Å². The van der Waals surface area contributed by atoms with Crippen molar-refractivity contribution in [1.29, 1.82) is 0 Å². The fraction of sp³-hybridized carbons (Fsp3) is 0.115. The standard InChI is InChI=1S/C26H21N3O2S2/c1-17-7-13-20(14-8-17)32-16-23-21(15-18-9-11-19(31-2)12-10-18)25(30)29(28-23)26-27-22-5-3-4-6-24(22)33-26/h3-15H,16H2,1-2H3/b21-15+. The molecule has 5 rings (SSSR count). The molecule has 1 aromatic heterocycles. The van der Waals surface area contributed by atoms with E-state index in [1.54, 1.807) is 18.9 Å². The number of para-hydroxylation sites is 1. The molecule has 0 bridgehead atoms. The lowest BCUT2D eigenvalue weighted by molar-refractivity contribution is -0.114. The van der Waals surface area contributed by atoms with Crippen LogP contribution in [0.3, 0.4) is 0 Å². The van der Waals surface area contributed by atoms with Crippen LogP contribution in [0.25, 0.3) is 16.3 Å². The van der Waals surface area contributed by atoms with Gasteiger partial charge in [-0.25, -0.2) is 4.98 Å². The molecule has 0 N–H and O–H groups in total. The van der Waals surface area contributed by atoms with Gasteiger partial charge in [0.1, 0.15) is 5.75 Å². The lowest BCUT2D eigenvalue weighted by atomic mass is 10.1. The van der Waals surface area contributed by atoms with Crippen molar-refractivity contribution in [2.75, 3.05) is 17.9 Å². The third kappa shape index (κ3) is 4.55. The molecule has 0 saturated carbocycles. The van der Waals surface area contributed by atoms with Crippen molar-refractivity contribution in [3.05, 3.63) is 89.5 Å². The highest BCUT2D eigenvalue weighted by atomic mass is 32.2. The number of benzene rings is 3. The van der Waals surface area contributed by atoms with Gasteiger partial charge in [-0.3, -0.25) is 4.79 Å². The average molecular weight is 472 g/mol. The molecule has 0 spiro atoms. The van der Waals surface area contributed by atoms with Gasteiger partial charge in [-0.05, 0) is 55.0 Å². The van der Waals surface area contributed by atoms with Crippen LogP contribution in [0, 0.1) is 6.92 Å². The number of nitrogens with zero attached hydrogens (tertiary/aromatic N) is 3. The molecule has 4 aromatic rings. The molecular formula is C26H21N3O2S2. The molecule has 7 heteroatoms. The summed E-state index contributed by atoms with van der Waals surface area (Å²) in [6, 6.07) is 23.9. The minimum absolute atomic E-state index is 0.163. The number of carbonyl (C=O) groups is 1. The summed E-state index contributed by atoms with van der Waals surface area (Å²) in [5.41, 5.74) is 4.32. The maximum Gasteiger partial charge on any atom is 0.282 e. The largest absolute Gasteiger partial charge is 0.497 e. The first-order valence-corrected chi connectivity index (χ1v) is 12.2. The van der Waals surface area contributed by atoms with Crippen molar-refractivity contribution >= 4 is 56.1 Å². The summed E-state index contributed by atoms with van der Waals surface area (Å²) in [5.74, 6) is 1.19. The van der Waals surface area contributed by atoms with Crippen LogP contribution in [0.4, 0.5) is 5.13 Å². The van der Waals surface area contributed by atoms with E-state index in [1.165, 1.54) is 21.9 Å². The van der Waals surface area contributed by atoms with Gasteiger partial charge in [0.15, 0.2) is 0 Å². The maximum atomic E-state index is 13.5. The van der Waals surface area contributed by atoms with Crippen LogP contribution >= 0.6 is 23.1 Å². The number of aromatic nitrogens is 1. The molecule has 2 heterocycles. The summed E-state index contributed by atoms with van der Waals surface area (Å²) >= 11 is 3.13.